The molecule has 24 heavy (non-hydrogen) atoms. The second-order valence-corrected chi connectivity index (χ2v) is 6.82. The van der Waals surface area contributed by atoms with Crippen LogP contribution in [0.4, 0.5) is 4.79 Å². The van der Waals surface area contributed by atoms with Gasteiger partial charge in [-0.2, -0.15) is 0 Å². The van der Waals surface area contributed by atoms with Crippen molar-refractivity contribution in [3.63, 3.8) is 0 Å². The Morgan fingerprint density at radius 1 is 1.29 bits per heavy atom. The number of carbonyl (C=O) groups is 1. The van der Waals surface area contributed by atoms with E-state index in [1.807, 2.05) is 23.2 Å². The zero-order valence-corrected chi connectivity index (χ0v) is 14.6. The summed E-state index contributed by atoms with van der Waals surface area (Å²) in [5, 5.41) is 3.14. The summed E-state index contributed by atoms with van der Waals surface area (Å²) >= 11 is 0. The number of hydrogen-bond acceptors (Lipinski definition) is 4. The third-order valence-corrected chi connectivity index (χ3v) is 5.29. The first-order valence-corrected chi connectivity index (χ1v) is 8.93. The second kappa shape index (κ2) is 7.94. The maximum atomic E-state index is 12.5. The van der Waals surface area contributed by atoms with Crippen LogP contribution in [0, 0.1) is 5.92 Å². The van der Waals surface area contributed by atoms with E-state index in [0.29, 0.717) is 5.92 Å². The number of ether oxygens (including phenoxy) is 1. The molecule has 1 aromatic rings. The monoisotopic (exact) mass is 332 g/mol. The molecule has 2 fully saturated rings. The quantitative estimate of drug-likeness (QED) is 0.915. The van der Waals surface area contributed by atoms with Gasteiger partial charge in [-0.3, -0.25) is 9.88 Å². The first-order valence-electron chi connectivity index (χ1n) is 8.93. The van der Waals surface area contributed by atoms with Crippen molar-refractivity contribution in [2.24, 2.45) is 5.92 Å². The minimum atomic E-state index is 0.0551. The lowest BCUT2D eigenvalue weighted by atomic mass is 10.0. The summed E-state index contributed by atoms with van der Waals surface area (Å²) in [6.45, 7) is 9.12. The van der Waals surface area contributed by atoms with E-state index in [1.54, 1.807) is 0 Å². The first kappa shape index (κ1) is 17.2. The molecule has 6 nitrogen and oxygen atoms in total. The van der Waals surface area contributed by atoms with Gasteiger partial charge in [0.2, 0.25) is 0 Å². The molecular weight excluding hydrogens is 304 g/mol. The van der Waals surface area contributed by atoms with E-state index in [-0.39, 0.29) is 18.1 Å². The minimum absolute atomic E-state index is 0.0551. The lowest BCUT2D eigenvalue weighted by Crippen LogP contribution is -2.54. The highest BCUT2D eigenvalue weighted by molar-refractivity contribution is 5.74. The standard InChI is InChI=1S/C18H28N4O2/c1-14(16-6-12-24-13-16)20-18(23)22-10-8-21(9-11-22)15(2)17-5-3-4-7-19-17/h3-5,7,14-16H,6,8-13H2,1-2H3,(H,20,23)/t14-,15-,16+/m0/s1. The van der Waals surface area contributed by atoms with Crippen molar-refractivity contribution in [2.45, 2.75) is 32.4 Å². The molecule has 3 atom stereocenters. The largest absolute Gasteiger partial charge is 0.381 e. The summed E-state index contributed by atoms with van der Waals surface area (Å²) in [7, 11) is 0. The van der Waals surface area contributed by atoms with Crippen molar-refractivity contribution in [1.82, 2.24) is 20.1 Å². The van der Waals surface area contributed by atoms with Crippen LogP contribution in [0.5, 0.6) is 0 Å². The SMILES string of the molecule is C[C@H](NC(=O)N1CCN([C@@H](C)c2ccccn2)CC1)[C@@H]1CCOC1. The Morgan fingerprint density at radius 2 is 2.08 bits per heavy atom. The van der Waals surface area contributed by atoms with E-state index < -0.39 is 0 Å². The molecular formula is C18H28N4O2. The Labute approximate surface area is 144 Å². The number of amides is 2. The smallest absolute Gasteiger partial charge is 0.317 e. The summed E-state index contributed by atoms with van der Waals surface area (Å²) in [6, 6.07) is 6.54. The van der Waals surface area contributed by atoms with Crippen LogP contribution in [0.3, 0.4) is 0 Å². The van der Waals surface area contributed by atoms with Crippen molar-refractivity contribution >= 4 is 6.03 Å². The third kappa shape index (κ3) is 4.05. The van der Waals surface area contributed by atoms with Crippen LogP contribution in [0.15, 0.2) is 24.4 Å². The summed E-state index contributed by atoms with van der Waals surface area (Å²) in [6.07, 6.45) is 2.88. The van der Waals surface area contributed by atoms with Crippen molar-refractivity contribution in [3.8, 4) is 0 Å². The Balaban J connectivity index is 1.46. The van der Waals surface area contributed by atoms with Crippen LogP contribution in [0.25, 0.3) is 0 Å². The predicted octanol–water partition coefficient (Wildman–Crippen LogP) is 1.89. The van der Waals surface area contributed by atoms with Gasteiger partial charge in [0.25, 0.3) is 0 Å². The molecule has 3 heterocycles. The molecule has 0 spiro atoms. The zero-order valence-electron chi connectivity index (χ0n) is 14.6. The molecule has 2 aliphatic rings. The molecule has 1 N–H and O–H groups in total. The Kier molecular flexibility index (Phi) is 5.68. The van der Waals surface area contributed by atoms with Crippen LogP contribution < -0.4 is 5.32 Å². The van der Waals surface area contributed by atoms with Gasteiger partial charge in [0.15, 0.2) is 0 Å². The van der Waals surface area contributed by atoms with Crippen LogP contribution >= 0.6 is 0 Å². The molecule has 0 radical (unpaired) electrons. The van der Waals surface area contributed by atoms with Gasteiger partial charge < -0.3 is 15.0 Å². The topological polar surface area (TPSA) is 57.7 Å². The Bertz CT molecular complexity index is 525. The molecule has 2 saturated heterocycles. The lowest BCUT2D eigenvalue weighted by Gasteiger charge is -2.38. The number of nitrogens with one attached hydrogen (secondary N) is 1. The number of piperazine rings is 1. The van der Waals surface area contributed by atoms with Crippen molar-refractivity contribution in [2.75, 3.05) is 39.4 Å². The Morgan fingerprint density at radius 3 is 2.71 bits per heavy atom. The lowest BCUT2D eigenvalue weighted by molar-refractivity contribution is 0.109. The minimum Gasteiger partial charge on any atom is -0.381 e. The van der Waals surface area contributed by atoms with Gasteiger partial charge in [-0.1, -0.05) is 6.07 Å². The molecule has 6 heteroatoms. The summed E-state index contributed by atoms with van der Waals surface area (Å²) < 4.78 is 5.41. The van der Waals surface area contributed by atoms with Gasteiger partial charge in [0, 0.05) is 57.0 Å². The summed E-state index contributed by atoms with van der Waals surface area (Å²) in [4.78, 5) is 21.2. The number of nitrogens with zero attached hydrogens (tertiary/aromatic N) is 3. The number of aromatic nitrogens is 1. The highest BCUT2D eigenvalue weighted by Crippen LogP contribution is 2.20. The number of urea groups is 1. The average molecular weight is 332 g/mol. The van der Waals surface area contributed by atoms with E-state index in [2.05, 4.69) is 35.1 Å². The zero-order chi connectivity index (χ0) is 16.9. The average Bonchev–Trinajstić information content (AvgIpc) is 3.17. The van der Waals surface area contributed by atoms with Crippen molar-refractivity contribution in [3.05, 3.63) is 30.1 Å². The number of rotatable bonds is 4. The molecule has 3 rings (SSSR count). The molecule has 1 aromatic heterocycles. The van der Waals surface area contributed by atoms with E-state index in [1.165, 1.54) is 0 Å². The molecule has 2 amide bonds. The normalized spacial score (nSPS) is 24.6. The number of pyridine rings is 1. The van der Waals surface area contributed by atoms with Gasteiger partial charge in [-0.15, -0.1) is 0 Å². The molecule has 0 bridgehead atoms. The molecule has 0 saturated carbocycles. The van der Waals surface area contributed by atoms with Crippen molar-refractivity contribution < 1.29 is 9.53 Å². The van der Waals surface area contributed by atoms with Gasteiger partial charge >= 0.3 is 6.03 Å². The molecule has 0 unspecified atom stereocenters. The molecule has 0 aliphatic carbocycles. The predicted molar refractivity (Wildman–Crippen MR) is 92.7 cm³/mol. The second-order valence-electron chi connectivity index (χ2n) is 6.82. The van der Waals surface area contributed by atoms with Gasteiger partial charge in [-0.25, -0.2) is 4.79 Å². The van der Waals surface area contributed by atoms with Crippen molar-refractivity contribution in [1.29, 1.82) is 0 Å². The van der Waals surface area contributed by atoms with Gasteiger partial charge in [0.1, 0.15) is 0 Å². The van der Waals surface area contributed by atoms with Crippen LogP contribution in [-0.2, 0) is 4.74 Å². The third-order valence-electron chi connectivity index (χ3n) is 5.29. The highest BCUT2D eigenvalue weighted by Gasteiger charge is 2.28. The van der Waals surface area contributed by atoms with Crippen LogP contribution in [0.1, 0.15) is 32.0 Å². The van der Waals surface area contributed by atoms with Gasteiger partial charge in [-0.05, 0) is 32.4 Å². The Hall–Kier alpha value is -1.66. The van der Waals surface area contributed by atoms with Crippen LogP contribution in [0.2, 0.25) is 0 Å². The summed E-state index contributed by atoms with van der Waals surface area (Å²) in [5.41, 5.74) is 1.09. The maximum absolute atomic E-state index is 12.5. The fourth-order valence-electron chi connectivity index (χ4n) is 3.47. The molecule has 0 aromatic carbocycles. The molecule has 2 aliphatic heterocycles. The first-order chi connectivity index (χ1) is 11.6. The fourth-order valence-corrected chi connectivity index (χ4v) is 3.47. The fraction of sp³-hybridized carbons (Fsp3) is 0.667. The van der Waals surface area contributed by atoms with E-state index >= 15 is 0 Å². The van der Waals surface area contributed by atoms with Crippen LogP contribution in [-0.4, -0.2) is 66.2 Å². The molecule has 132 valence electrons. The van der Waals surface area contributed by atoms with E-state index in [4.69, 9.17) is 4.74 Å². The van der Waals surface area contributed by atoms with E-state index in [0.717, 1.165) is 51.5 Å². The highest BCUT2D eigenvalue weighted by atomic mass is 16.5. The van der Waals surface area contributed by atoms with Gasteiger partial charge in [0.05, 0.1) is 12.3 Å². The number of carbonyl (C=O) groups excluding carboxylic acids is 1. The summed E-state index contributed by atoms with van der Waals surface area (Å²) in [5.74, 6) is 0.444. The van der Waals surface area contributed by atoms with E-state index in [9.17, 15) is 4.79 Å². The maximum Gasteiger partial charge on any atom is 0.317 e. The number of hydrogen-bond donors (Lipinski definition) is 1.